The molecule has 2 amide bonds. The normalized spacial score (nSPS) is 18.9. The van der Waals surface area contributed by atoms with E-state index in [9.17, 15) is 14.9 Å². The third-order valence-electron chi connectivity index (χ3n) is 6.63. The Bertz CT molecular complexity index is 1290. The van der Waals surface area contributed by atoms with Gasteiger partial charge in [-0.05, 0) is 26.0 Å². The maximum absolute atomic E-state index is 15.2. The highest BCUT2D eigenvalue weighted by molar-refractivity contribution is 6.42. The SMILES string of the molecule is C=CCOC(=O)N1CC(c2nnc(C(F)(F)c3ccc(Cl)c(Cl)c3)o2)C2(C1)CN(C(=O)C(C)(C)C#N)C2. The van der Waals surface area contributed by atoms with Gasteiger partial charge in [0.2, 0.25) is 11.8 Å². The van der Waals surface area contributed by atoms with Crippen molar-refractivity contribution in [3.05, 3.63) is 58.2 Å². The summed E-state index contributed by atoms with van der Waals surface area (Å²) in [6.07, 6.45) is 0.800. The Labute approximate surface area is 221 Å². The summed E-state index contributed by atoms with van der Waals surface area (Å²) in [5.74, 6) is -5.72. The molecule has 1 spiro atoms. The Morgan fingerprint density at radius 2 is 1.95 bits per heavy atom. The van der Waals surface area contributed by atoms with Crippen LogP contribution in [0, 0.1) is 22.2 Å². The van der Waals surface area contributed by atoms with Crippen LogP contribution in [0.25, 0.3) is 0 Å². The van der Waals surface area contributed by atoms with E-state index in [2.05, 4.69) is 16.8 Å². The fourth-order valence-corrected chi connectivity index (χ4v) is 4.91. The average Bonchev–Trinajstić information content (AvgIpc) is 3.48. The van der Waals surface area contributed by atoms with Crippen LogP contribution in [0.3, 0.4) is 0 Å². The summed E-state index contributed by atoms with van der Waals surface area (Å²) in [5.41, 5.74) is -2.46. The molecule has 2 fully saturated rings. The van der Waals surface area contributed by atoms with Crippen LogP contribution in [-0.2, 0) is 15.5 Å². The second-order valence-electron chi connectivity index (χ2n) is 9.71. The zero-order chi connectivity index (χ0) is 27.2. The highest BCUT2D eigenvalue weighted by atomic mass is 35.5. The summed E-state index contributed by atoms with van der Waals surface area (Å²) in [5, 5.41) is 16.9. The third-order valence-corrected chi connectivity index (χ3v) is 7.37. The first-order valence-corrected chi connectivity index (χ1v) is 12.0. The Kier molecular flexibility index (Phi) is 6.94. The fourth-order valence-electron chi connectivity index (χ4n) is 4.61. The molecule has 13 heteroatoms. The highest BCUT2D eigenvalue weighted by Gasteiger charge is 2.60. The smallest absolute Gasteiger partial charge is 0.410 e. The number of aromatic nitrogens is 2. The molecule has 2 saturated heterocycles. The van der Waals surface area contributed by atoms with Crippen LogP contribution in [0.4, 0.5) is 13.6 Å². The monoisotopic (exact) mass is 553 g/mol. The number of nitrogens with zero attached hydrogens (tertiary/aromatic N) is 5. The van der Waals surface area contributed by atoms with Crippen molar-refractivity contribution in [2.24, 2.45) is 10.8 Å². The molecule has 1 unspecified atom stereocenters. The number of hydrogen-bond donors (Lipinski definition) is 0. The van der Waals surface area contributed by atoms with E-state index in [4.69, 9.17) is 32.4 Å². The molecule has 0 aliphatic carbocycles. The molecule has 1 atom stereocenters. The average molecular weight is 554 g/mol. The predicted molar refractivity (Wildman–Crippen MR) is 128 cm³/mol. The molecule has 2 aromatic rings. The van der Waals surface area contributed by atoms with Crippen molar-refractivity contribution >= 4 is 35.2 Å². The molecule has 1 aromatic heterocycles. The van der Waals surface area contributed by atoms with Gasteiger partial charge in [-0.15, -0.1) is 10.2 Å². The number of nitriles is 1. The summed E-state index contributed by atoms with van der Waals surface area (Å²) in [7, 11) is 0. The highest BCUT2D eigenvalue weighted by Crippen LogP contribution is 2.50. The lowest BCUT2D eigenvalue weighted by molar-refractivity contribution is -0.150. The van der Waals surface area contributed by atoms with Gasteiger partial charge in [-0.1, -0.05) is 41.9 Å². The number of benzene rings is 1. The quantitative estimate of drug-likeness (QED) is 0.479. The number of hydrogen-bond acceptors (Lipinski definition) is 7. The Balaban J connectivity index is 1.62. The van der Waals surface area contributed by atoms with Gasteiger partial charge in [0, 0.05) is 37.2 Å². The van der Waals surface area contributed by atoms with Gasteiger partial charge >= 0.3 is 12.0 Å². The summed E-state index contributed by atoms with van der Waals surface area (Å²) < 4.78 is 41.0. The van der Waals surface area contributed by atoms with E-state index in [1.54, 1.807) is 0 Å². The van der Waals surface area contributed by atoms with Gasteiger partial charge in [-0.2, -0.15) is 14.0 Å². The van der Waals surface area contributed by atoms with Gasteiger partial charge in [0.15, 0.2) is 0 Å². The van der Waals surface area contributed by atoms with Crippen LogP contribution in [0.5, 0.6) is 0 Å². The van der Waals surface area contributed by atoms with Crippen LogP contribution in [-0.4, -0.2) is 64.8 Å². The molecular formula is C24H23Cl2F2N5O4. The van der Waals surface area contributed by atoms with Crippen molar-refractivity contribution in [2.45, 2.75) is 25.7 Å². The fraction of sp³-hybridized carbons (Fsp3) is 0.458. The summed E-state index contributed by atoms with van der Waals surface area (Å²) in [6.45, 7) is 7.11. The number of carbonyl (C=O) groups is 2. The zero-order valence-corrected chi connectivity index (χ0v) is 21.5. The van der Waals surface area contributed by atoms with Crippen molar-refractivity contribution in [3.8, 4) is 6.07 Å². The Morgan fingerprint density at radius 3 is 2.57 bits per heavy atom. The van der Waals surface area contributed by atoms with E-state index in [0.29, 0.717) is 0 Å². The van der Waals surface area contributed by atoms with Crippen LogP contribution in [0.15, 0.2) is 35.3 Å². The van der Waals surface area contributed by atoms with Crippen molar-refractivity contribution in [1.82, 2.24) is 20.0 Å². The van der Waals surface area contributed by atoms with Gasteiger partial charge < -0.3 is 19.0 Å². The molecule has 0 bridgehead atoms. The number of carbonyl (C=O) groups excluding carboxylic acids is 2. The Hall–Kier alpha value is -3.23. The molecule has 0 saturated carbocycles. The van der Waals surface area contributed by atoms with Crippen LogP contribution in [0.1, 0.15) is 37.1 Å². The number of alkyl halides is 2. The van der Waals surface area contributed by atoms with Crippen molar-refractivity contribution in [3.63, 3.8) is 0 Å². The molecule has 2 aliphatic rings. The van der Waals surface area contributed by atoms with Gasteiger partial charge in [-0.3, -0.25) is 4.79 Å². The van der Waals surface area contributed by atoms with Gasteiger partial charge in [0.05, 0.1) is 22.0 Å². The Morgan fingerprint density at radius 1 is 1.27 bits per heavy atom. The first-order chi connectivity index (χ1) is 17.3. The molecule has 2 aliphatic heterocycles. The van der Waals surface area contributed by atoms with E-state index < -0.39 is 40.2 Å². The van der Waals surface area contributed by atoms with Gasteiger partial charge in [0.25, 0.3) is 5.89 Å². The zero-order valence-electron chi connectivity index (χ0n) is 20.0. The van der Waals surface area contributed by atoms with E-state index in [1.165, 1.54) is 35.8 Å². The lowest BCUT2D eigenvalue weighted by atomic mass is 9.70. The van der Waals surface area contributed by atoms with E-state index in [1.807, 2.05) is 6.07 Å². The predicted octanol–water partition coefficient (Wildman–Crippen LogP) is 4.62. The van der Waals surface area contributed by atoms with Crippen molar-refractivity contribution in [2.75, 3.05) is 32.8 Å². The lowest BCUT2D eigenvalue weighted by Gasteiger charge is -2.51. The minimum atomic E-state index is -3.66. The maximum atomic E-state index is 15.2. The molecule has 0 radical (unpaired) electrons. The molecule has 9 nitrogen and oxygen atoms in total. The molecule has 4 rings (SSSR count). The van der Waals surface area contributed by atoms with E-state index in [0.717, 1.165) is 12.1 Å². The lowest BCUT2D eigenvalue weighted by Crippen LogP contribution is -2.63. The maximum Gasteiger partial charge on any atom is 0.410 e. The largest absolute Gasteiger partial charge is 0.445 e. The van der Waals surface area contributed by atoms with Gasteiger partial charge in [-0.25, -0.2) is 4.79 Å². The number of halogens is 4. The number of rotatable bonds is 6. The number of amides is 2. The van der Waals surface area contributed by atoms with Crippen molar-refractivity contribution < 1.29 is 27.5 Å². The molecular weight excluding hydrogens is 531 g/mol. The summed E-state index contributed by atoms with van der Waals surface area (Å²) >= 11 is 11.7. The first kappa shape index (κ1) is 26.8. The third kappa shape index (κ3) is 4.76. The number of likely N-dealkylation sites (tertiary alicyclic amines) is 2. The van der Waals surface area contributed by atoms with Gasteiger partial charge in [0.1, 0.15) is 12.0 Å². The van der Waals surface area contributed by atoms with E-state index in [-0.39, 0.29) is 54.6 Å². The summed E-state index contributed by atoms with van der Waals surface area (Å²) in [6, 6.07) is 5.35. The van der Waals surface area contributed by atoms with E-state index >= 15 is 8.78 Å². The van der Waals surface area contributed by atoms with Crippen LogP contribution in [0.2, 0.25) is 10.0 Å². The van der Waals surface area contributed by atoms with Crippen molar-refractivity contribution in [1.29, 1.82) is 5.26 Å². The molecule has 1 aromatic carbocycles. The second-order valence-corrected chi connectivity index (χ2v) is 10.5. The molecule has 0 N–H and O–H groups in total. The topological polar surface area (TPSA) is 113 Å². The molecule has 196 valence electrons. The summed E-state index contributed by atoms with van der Waals surface area (Å²) in [4.78, 5) is 28.2. The second kappa shape index (κ2) is 9.58. The van der Waals surface area contributed by atoms with Crippen LogP contribution >= 0.6 is 23.2 Å². The minimum absolute atomic E-state index is 0.00541. The molecule has 3 heterocycles. The molecule has 37 heavy (non-hydrogen) atoms. The number of ether oxygens (including phenoxy) is 1. The minimum Gasteiger partial charge on any atom is -0.445 e. The first-order valence-electron chi connectivity index (χ1n) is 11.2. The standard InChI is InChI=1S/C24H23Cl2F2N5O4/c1-4-7-36-21(35)32-9-15(23(11-32)12-33(13-23)20(34)22(2,3)10-29)18-30-31-19(37-18)24(27,28)14-5-6-16(25)17(26)8-14/h4-6,8,15H,1,7,9,11-13H2,2-3H3. The van der Waals surface area contributed by atoms with Crippen LogP contribution < -0.4 is 0 Å².